The first-order chi connectivity index (χ1) is 14.2. The summed E-state index contributed by atoms with van der Waals surface area (Å²) in [7, 11) is -2.23. The second kappa shape index (κ2) is 8.26. The number of nitro benzene ring substituents is 1. The summed E-state index contributed by atoms with van der Waals surface area (Å²) >= 11 is 0. The predicted octanol–water partition coefficient (Wildman–Crippen LogP) is 4.92. The summed E-state index contributed by atoms with van der Waals surface area (Å²) in [5.74, 6) is 0. The maximum Gasteiger partial charge on any atom is 0.269 e. The number of non-ortho nitro benzene ring substituents is 1. The fourth-order valence-corrected chi connectivity index (χ4v) is 7.12. The van der Waals surface area contributed by atoms with Gasteiger partial charge >= 0.3 is 0 Å². The van der Waals surface area contributed by atoms with Crippen molar-refractivity contribution in [1.82, 2.24) is 0 Å². The largest absolute Gasteiger partial charge is 0.269 e. The molecule has 0 aromatic heterocycles. The maximum atomic E-state index is 11.1. The molecule has 0 unspecified atom stereocenters. The van der Waals surface area contributed by atoms with E-state index in [0.717, 1.165) is 5.69 Å². The van der Waals surface area contributed by atoms with Crippen LogP contribution in [0.3, 0.4) is 0 Å². The second-order valence-electron chi connectivity index (χ2n) is 6.59. The Kier molecular flexibility index (Phi) is 5.37. The lowest BCUT2D eigenvalue weighted by atomic mass is 10.3. The third-order valence-corrected chi connectivity index (χ3v) is 8.62. The molecule has 4 nitrogen and oxygen atoms in total. The number of hydrogen-bond acceptors (Lipinski definition) is 3. The van der Waals surface area contributed by atoms with Gasteiger partial charge in [-0.2, -0.15) is 0 Å². The Morgan fingerprint density at radius 1 is 0.586 bits per heavy atom. The molecule has 0 atom stereocenters. The zero-order chi connectivity index (χ0) is 20.1. The van der Waals surface area contributed by atoms with Gasteiger partial charge in [-0.3, -0.25) is 10.1 Å². The van der Waals surface area contributed by atoms with E-state index < -0.39 is 7.41 Å². The van der Waals surface area contributed by atoms with E-state index in [-0.39, 0.29) is 10.6 Å². The van der Waals surface area contributed by atoms with Crippen molar-refractivity contribution in [2.45, 2.75) is 0 Å². The Labute approximate surface area is 170 Å². The number of benzene rings is 4. The van der Waals surface area contributed by atoms with Crippen molar-refractivity contribution in [2.24, 2.45) is 0 Å². The topological polar surface area (TPSA) is 55.2 Å². The molecule has 0 fully saturated rings. The van der Waals surface area contributed by atoms with Gasteiger partial charge in [0.1, 0.15) is 15.9 Å². The molecule has 0 aliphatic rings. The molecule has 0 heterocycles. The van der Waals surface area contributed by atoms with E-state index in [0.29, 0.717) is 0 Å². The molecule has 0 bridgehead atoms. The first kappa shape index (κ1) is 18.9. The van der Waals surface area contributed by atoms with Crippen LogP contribution in [0.15, 0.2) is 115 Å². The van der Waals surface area contributed by atoms with Crippen LogP contribution in [0.4, 0.5) is 11.4 Å². The van der Waals surface area contributed by atoms with Crippen molar-refractivity contribution in [3.8, 4) is 0 Å². The van der Waals surface area contributed by atoms with Gasteiger partial charge in [0.25, 0.3) is 5.69 Å². The van der Waals surface area contributed by atoms with Crippen LogP contribution in [0.1, 0.15) is 0 Å². The van der Waals surface area contributed by atoms with Crippen molar-refractivity contribution in [3.05, 3.63) is 125 Å². The van der Waals surface area contributed by atoms with Crippen LogP contribution in [0, 0.1) is 10.1 Å². The van der Waals surface area contributed by atoms with Crippen LogP contribution in [-0.2, 0) is 0 Å². The summed E-state index contributed by atoms with van der Waals surface area (Å²) in [6, 6.07) is 37.8. The number of nitrogens with zero attached hydrogens (tertiary/aromatic N) is 1. The van der Waals surface area contributed by atoms with Gasteiger partial charge in [0.15, 0.2) is 7.41 Å². The maximum absolute atomic E-state index is 11.1. The molecule has 0 amide bonds. The van der Waals surface area contributed by atoms with E-state index in [1.54, 1.807) is 12.1 Å². The zero-order valence-electron chi connectivity index (χ0n) is 15.7. The number of hydrogen-bond donors (Lipinski definition) is 1. The summed E-state index contributed by atoms with van der Waals surface area (Å²) in [6.07, 6.45) is 0. The lowest BCUT2D eigenvalue weighted by Crippen LogP contribution is -2.36. The minimum atomic E-state index is -2.23. The van der Waals surface area contributed by atoms with Gasteiger partial charge in [-0.05, 0) is 48.5 Å². The molecule has 0 aliphatic carbocycles. The summed E-state index contributed by atoms with van der Waals surface area (Å²) in [5.41, 5.74) is 0.930. The zero-order valence-corrected chi connectivity index (χ0v) is 16.6. The summed E-state index contributed by atoms with van der Waals surface area (Å²) < 4.78 is 0. The van der Waals surface area contributed by atoms with E-state index in [9.17, 15) is 10.1 Å². The average molecular weight is 399 g/mol. The Balaban J connectivity index is 1.93. The van der Waals surface area contributed by atoms with Crippen LogP contribution >= 0.6 is 7.41 Å². The van der Waals surface area contributed by atoms with Crippen molar-refractivity contribution >= 4 is 34.7 Å². The number of nitrogens with one attached hydrogen (secondary N) is 1. The highest BCUT2D eigenvalue weighted by molar-refractivity contribution is 7.96. The average Bonchev–Trinajstić information content (AvgIpc) is 2.79. The lowest BCUT2D eigenvalue weighted by Gasteiger charge is -2.28. The molecule has 0 saturated carbocycles. The Morgan fingerprint density at radius 2 is 0.966 bits per heavy atom. The minimum absolute atomic E-state index is 0.0821. The first-order valence-electron chi connectivity index (χ1n) is 9.29. The fraction of sp³-hybridized carbons (Fsp3) is 0. The highest BCUT2D eigenvalue weighted by Gasteiger charge is 2.46. The molecule has 29 heavy (non-hydrogen) atoms. The lowest BCUT2D eigenvalue weighted by molar-refractivity contribution is -0.384. The monoisotopic (exact) mass is 399 g/mol. The highest BCUT2D eigenvalue weighted by Crippen LogP contribution is 2.54. The smallest absolute Gasteiger partial charge is 0.258 e. The van der Waals surface area contributed by atoms with Crippen LogP contribution < -0.4 is 21.0 Å². The molecule has 0 saturated heterocycles. The third kappa shape index (κ3) is 3.75. The summed E-state index contributed by atoms with van der Waals surface area (Å²) in [4.78, 5) is 10.7. The van der Waals surface area contributed by atoms with E-state index >= 15 is 0 Å². The molecule has 0 aliphatic heterocycles. The third-order valence-electron chi connectivity index (χ3n) is 4.81. The molecular weight excluding hydrogens is 379 g/mol. The number of rotatable bonds is 6. The Hall–Kier alpha value is -3.49. The molecule has 5 heteroatoms. The fourth-order valence-electron chi connectivity index (χ4n) is 3.45. The molecular formula is C24H20N2O2P+. The van der Waals surface area contributed by atoms with Gasteiger partial charge in [0.05, 0.1) is 10.6 Å². The molecule has 142 valence electrons. The van der Waals surface area contributed by atoms with E-state index in [4.69, 9.17) is 0 Å². The van der Waals surface area contributed by atoms with Crippen LogP contribution in [0.5, 0.6) is 0 Å². The number of nitro groups is 1. The van der Waals surface area contributed by atoms with Gasteiger partial charge in [-0.15, -0.1) is 0 Å². The van der Waals surface area contributed by atoms with Gasteiger partial charge in [-0.1, -0.05) is 54.6 Å². The van der Waals surface area contributed by atoms with E-state index in [2.05, 4.69) is 41.5 Å². The standard InChI is InChI=1S/C24H20N2O2P/c27-26(28)21-18-16-20(17-19-21)25-29(22-10-4-1-5-11-22,23-12-6-2-7-13-23)24-14-8-3-9-15-24/h1-19,25H/q+1. The normalized spacial score (nSPS) is 11.0. The van der Waals surface area contributed by atoms with Crippen molar-refractivity contribution in [1.29, 1.82) is 0 Å². The van der Waals surface area contributed by atoms with Crippen LogP contribution in [-0.4, -0.2) is 4.92 Å². The van der Waals surface area contributed by atoms with Crippen LogP contribution in [0.2, 0.25) is 0 Å². The van der Waals surface area contributed by atoms with Crippen molar-refractivity contribution in [3.63, 3.8) is 0 Å². The molecule has 4 aromatic carbocycles. The van der Waals surface area contributed by atoms with Gasteiger partial charge in [0.2, 0.25) is 0 Å². The van der Waals surface area contributed by atoms with Gasteiger partial charge in [-0.25, -0.2) is 5.09 Å². The number of anilines is 1. The van der Waals surface area contributed by atoms with Crippen molar-refractivity contribution < 1.29 is 4.92 Å². The molecule has 0 radical (unpaired) electrons. The van der Waals surface area contributed by atoms with Crippen LogP contribution in [0.25, 0.3) is 0 Å². The van der Waals surface area contributed by atoms with E-state index in [1.165, 1.54) is 28.0 Å². The molecule has 4 rings (SSSR count). The molecule has 4 aromatic rings. The SMILES string of the molecule is O=[N+]([O-])c1ccc(N[P+](c2ccccc2)(c2ccccc2)c2ccccc2)cc1. The minimum Gasteiger partial charge on any atom is -0.258 e. The molecule has 0 spiro atoms. The summed E-state index contributed by atoms with van der Waals surface area (Å²) in [5, 5.41) is 18.4. The van der Waals surface area contributed by atoms with Gasteiger partial charge < -0.3 is 0 Å². The predicted molar refractivity (Wildman–Crippen MR) is 122 cm³/mol. The van der Waals surface area contributed by atoms with Gasteiger partial charge in [0, 0.05) is 12.1 Å². The first-order valence-corrected chi connectivity index (χ1v) is 11.1. The Morgan fingerprint density at radius 3 is 1.31 bits per heavy atom. The Bertz CT molecular complexity index is 989. The van der Waals surface area contributed by atoms with Crippen molar-refractivity contribution in [2.75, 3.05) is 5.09 Å². The van der Waals surface area contributed by atoms with E-state index in [1.807, 2.05) is 54.6 Å². The molecule has 1 N–H and O–H groups in total. The second-order valence-corrected chi connectivity index (χ2v) is 9.71. The highest BCUT2D eigenvalue weighted by atomic mass is 31.2. The summed E-state index contributed by atoms with van der Waals surface area (Å²) in [6.45, 7) is 0. The quantitative estimate of drug-likeness (QED) is 0.285.